The van der Waals surface area contributed by atoms with Crippen LogP contribution in [0.25, 0.3) is 33.3 Å². The number of fused-ring (bicyclic) bond motifs is 1. The second-order valence-corrected chi connectivity index (χ2v) is 18.3. The number of hydrazine groups is 1. The van der Waals surface area contributed by atoms with Crippen molar-refractivity contribution in [1.29, 1.82) is 0 Å². The third kappa shape index (κ3) is 10.3. The molecule has 342 valence electrons. The fourth-order valence-electron chi connectivity index (χ4n) is 9.49. The third-order valence-electron chi connectivity index (χ3n) is 12.9. The van der Waals surface area contributed by atoms with Crippen LogP contribution in [0.4, 0.5) is 0 Å². The molecule has 3 amide bonds. The lowest BCUT2D eigenvalue weighted by molar-refractivity contribution is -0.144. The summed E-state index contributed by atoms with van der Waals surface area (Å²) < 4.78 is 19.7. The molecule has 4 aromatic rings. The number of aryl methyl sites for hydroxylation is 1. The van der Waals surface area contributed by atoms with Crippen LogP contribution in [0, 0.1) is 11.3 Å². The number of nitrogens with one attached hydrogen (secondary N) is 2. The average Bonchev–Trinajstić information content (AvgIpc) is 3.81. The molecule has 2 aromatic carbocycles. The van der Waals surface area contributed by atoms with E-state index in [2.05, 4.69) is 79.1 Å². The monoisotopic (exact) mass is 875 g/mol. The first-order valence-corrected chi connectivity index (χ1v) is 22.7. The van der Waals surface area contributed by atoms with Crippen molar-refractivity contribution in [2.24, 2.45) is 11.3 Å². The molecule has 5 heterocycles. The summed E-state index contributed by atoms with van der Waals surface area (Å²) in [6.07, 6.45) is 5.28. The number of amides is 3. The van der Waals surface area contributed by atoms with Crippen LogP contribution in [0.1, 0.15) is 77.3 Å². The number of hydrogen-bond donors (Lipinski definition) is 2. The van der Waals surface area contributed by atoms with E-state index in [1.807, 2.05) is 36.9 Å². The van der Waals surface area contributed by atoms with E-state index in [1.54, 1.807) is 23.2 Å². The minimum atomic E-state index is -0.828. The molecule has 4 atom stereocenters. The summed E-state index contributed by atoms with van der Waals surface area (Å²) in [4.78, 5) is 61.2. The number of nitrogens with zero attached hydrogens (tertiary/aromatic N) is 5. The van der Waals surface area contributed by atoms with Crippen LogP contribution in [-0.4, -0.2) is 119 Å². The molecule has 0 bridgehead atoms. The summed E-state index contributed by atoms with van der Waals surface area (Å²) in [6, 6.07) is 17.4. The predicted octanol–water partition coefficient (Wildman–Crippen LogP) is 6.07. The number of likely N-dealkylation sites (tertiary alicyclic amines) is 1. The molecule has 3 fully saturated rings. The van der Waals surface area contributed by atoms with Crippen molar-refractivity contribution < 1.29 is 33.4 Å². The molecule has 3 saturated heterocycles. The molecular weight excluding hydrogens is 811 g/mol. The summed E-state index contributed by atoms with van der Waals surface area (Å²) in [5.74, 6) is -0.616. The molecule has 0 spiro atoms. The molecule has 2 N–H and O–H groups in total. The van der Waals surface area contributed by atoms with Crippen molar-refractivity contribution >= 4 is 34.6 Å². The Kier molecular flexibility index (Phi) is 14.7. The second kappa shape index (κ2) is 20.2. The lowest BCUT2D eigenvalue weighted by atomic mass is 9.84. The molecule has 14 heteroatoms. The smallest absolute Gasteiger partial charge is 0.302 e. The molecule has 14 nitrogen and oxygen atoms in total. The van der Waals surface area contributed by atoms with Gasteiger partial charge in [0.2, 0.25) is 11.8 Å². The van der Waals surface area contributed by atoms with Gasteiger partial charge >= 0.3 is 5.97 Å². The van der Waals surface area contributed by atoms with E-state index in [0.717, 1.165) is 62.9 Å². The van der Waals surface area contributed by atoms with Gasteiger partial charge in [-0.1, -0.05) is 50.8 Å². The number of esters is 1. The average molecular weight is 876 g/mol. The Labute approximate surface area is 377 Å². The number of carbonyl (C=O) groups is 4. The highest BCUT2D eigenvalue weighted by atomic mass is 16.5. The van der Waals surface area contributed by atoms with Crippen molar-refractivity contribution in [2.75, 3.05) is 53.2 Å². The van der Waals surface area contributed by atoms with Crippen molar-refractivity contribution in [2.45, 2.75) is 98.1 Å². The Balaban J connectivity index is 1.21. The number of ether oxygens (including phenoxy) is 3. The zero-order chi connectivity index (χ0) is 45.7. The molecule has 0 unspecified atom stereocenters. The number of benzene rings is 2. The maximum Gasteiger partial charge on any atom is 0.302 e. The number of carbonyl (C=O) groups excluding carboxylic acids is 4. The van der Waals surface area contributed by atoms with Crippen molar-refractivity contribution in [1.82, 2.24) is 35.1 Å². The fourth-order valence-corrected chi connectivity index (χ4v) is 9.49. The lowest BCUT2D eigenvalue weighted by Gasteiger charge is -2.41. The SMILES string of the molecule is C=CC(=O)N1CC(CN2CO[C@H](C)[C@H]2C(=O)N[C@@H](Cc2cccc(-c3ccc4c(c3)c(CC(C)(C)COC(C)=O)c(-c3cccnc3[C@H](C)OC)n4CC)c2)C(=O)N2CCCCN2)C1. The number of methoxy groups -OCH3 is 1. The number of hydrogen-bond acceptors (Lipinski definition) is 10. The van der Waals surface area contributed by atoms with Gasteiger partial charge in [-0.15, -0.1) is 0 Å². The predicted molar refractivity (Wildman–Crippen MR) is 247 cm³/mol. The van der Waals surface area contributed by atoms with E-state index in [0.29, 0.717) is 52.4 Å². The normalized spacial score (nSPS) is 19.3. The van der Waals surface area contributed by atoms with Crippen LogP contribution >= 0.6 is 0 Å². The van der Waals surface area contributed by atoms with E-state index >= 15 is 0 Å². The molecular formula is C50H65N7O7. The van der Waals surface area contributed by atoms with E-state index in [-0.39, 0.29) is 54.8 Å². The maximum absolute atomic E-state index is 14.3. The van der Waals surface area contributed by atoms with Crippen molar-refractivity contribution in [3.05, 3.63) is 90.3 Å². The summed E-state index contributed by atoms with van der Waals surface area (Å²) in [5, 5.41) is 5.91. The van der Waals surface area contributed by atoms with Gasteiger partial charge in [-0.2, -0.15) is 0 Å². The topological polar surface area (TPSA) is 148 Å². The number of aromatic nitrogens is 2. The molecule has 0 aliphatic carbocycles. The summed E-state index contributed by atoms with van der Waals surface area (Å²) in [7, 11) is 1.69. The molecule has 3 aliphatic rings. The molecule has 64 heavy (non-hydrogen) atoms. The molecule has 3 aliphatic heterocycles. The van der Waals surface area contributed by atoms with E-state index < -0.39 is 17.5 Å². The molecule has 0 saturated carbocycles. The van der Waals surface area contributed by atoms with Gasteiger partial charge in [-0.05, 0) is 92.6 Å². The maximum atomic E-state index is 14.3. The van der Waals surface area contributed by atoms with Gasteiger partial charge in [-0.25, -0.2) is 5.43 Å². The standard InChI is InChI=1S/C50H65N7O7/c1-9-44(59)54-27-36(28-54)29-55-31-64-33(4)46(55)48(60)53-42(49(61)57-22-12-11-21-52-57)24-35-15-13-16-37(23-35)38-18-19-43-40(25-38)41(26-50(6,7)30-63-34(5)58)47(56(43)10-2)39-17-14-20-51-45(39)32(3)62-8/h9,13-20,23,25,32-33,36,42,46,52H,1,10-12,21-22,24,26-31H2,2-8H3,(H,53,60)/t32-,33+,42-,46-/m0/s1. The highest BCUT2D eigenvalue weighted by Crippen LogP contribution is 2.42. The second-order valence-electron chi connectivity index (χ2n) is 18.3. The van der Waals surface area contributed by atoms with Crippen LogP contribution in [-0.2, 0) is 52.8 Å². The van der Waals surface area contributed by atoms with Crippen molar-refractivity contribution in [3.63, 3.8) is 0 Å². The van der Waals surface area contributed by atoms with Gasteiger partial charge in [0.25, 0.3) is 5.91 Å². The van der Waals surface area contributed by atoms with Crippen LogP contribution in [0.15, 0.2) is 73.4 Å². The zero-order valence-corrected chi connectivity index (χ0v) is 38.5. The first-order valence-electron chi connectivity index (χ1n) is 22.7. The first-order chi connectivity index (χ1) is 30.7. The Morgan fingerprint density at radius 2 is 1.86 bits per heavy atom. The first kappa shape index (κ1) is 46.6. The molecule has 2 aromatic heterocycles. The van der Waals surface area contributed by atoms with Gasteiger partial charge in [0.05, 0.1) is 30.2 Å². The van der Waals surface area contributed by atoms with Crippen LogP contribution in [0.2, 0.25) is 0 Å². The minimum absolute atomic E-state index is 0.0900. The largest absolute Gasteiger partial charge is 0.465 e. The van der Waals surface area contributed by atoms with E-state index in [4.69, 9.17) is 19.2 Å². The summed E-state index contributed by atoms with van der Waals surface area (Å²) in [5.41, 5.74) is 10.9. The highest BCUT2D eigenvalue weighted by molar-refractivity contribution is 5.95. The van der Waals surface area contributed by atoms with Gasteiger partial charge in [0, 0.05) is 93.7 Å². The number of pyridine rings is 1. The van der Waals surface area contributed by atoms with Gasteiger partial charge in [0.1, 0.15) is 18.8 Å². The van der Waals surface area contributed by atoms with Crippen LogP contribution in [0.5, 0.6) is 0 Å². The Bertz CT molecular complexity index is 2350. The van der Waals surface area contributed by atoms with Crippen LogP contribution < -0.4 is 10.7 Å². The van der Waals surface area contributed by atoms with E-state index in [9.17, 15) is 19.2 Å². The van der Waals surface area contributed by atoms with E-state index in [1.165, 1.54) is 13.0 Å². The number of rotatable bonds is 17. The zero-order valence-electron chi connectivity index (χ0n) is 38.5. The van der Waals surface area contributed by atoms with Gasteiger partial charge in [0.15, 0.2) is 0 Å². The molecule has 0 radical (unpaired) electrons. The quantitative estimate of drug-likeness (QED) is 0.0947. The summed E-state index contributed by atoms with van der Waals surface area (Å²) >= 11 is 0. The van der Waals surface area contributed by atoms with Crippen LogP contribution in [0.3, 0.4) is 0 Å². The van der Waals surface area contributed by atoms with Gasteiger partial charge < -0.3 is 29.0 Å². The summed E-state index contributed by atoms with van der Waals surface area (Å²) in [6.45, 7) is 19.7. The Hall–Kier alpha value is -5.41. The Morgan fingerprint density at radius 1 is 1.08 bits per heavy atom. The molecule has 7 rings (SSSR count). The minimum Gasteiger partial charge on any atom is -0.465 e. The Morgan fingerprint density at radius 3 is 2.56 bits per heavy atom. The van der Waals surface area contributed by atoms with Crippen molar-refractivity contribution in [3.8, 4) is 22.4 Å². The van der Waals surface area contributed by atoms with Gasteiger partial charge in [-0.3, -0.25) is 34.1 Å². The fraction of sp³-hybridized carbons (Fsp3) is 0.500. The third-order valence-corrected chi connectivity index (χ3v) is 12.9. The lowest BCUT2D eigenvalue weighted by Crippen LogP contribution is -2.60. The highest BCUT2D eigenvalue weighted by Gasteiger charge is 2.42.